The summed E-state index contributed by atoms with van der Waals surface area (Å²) in [6, 6.07) is 21.9. The first-order valence-corrected chi connectivity index (χ1v) is 10.2. The van der Waals surface area contributed by atoms with Crippen LogP contribution in [-0.4, -0.2) is 26.4 Å². The Morgan fingerprint density at radius 3 is 2.39 bits per heavy atom. The average Bonchev–Trinajstić information content (AvgIpc) is 3.12. The molecule has 3 aromatic carbocycles. The first kappa shape index (κ1) is 20.4. The van der Waals surface area contributed by atoms with E-state index < -0.39 is 6.09 Å². The summed E-state index contributed by atoms with van der Waals surface area (Å²) < 4.78 is 10.8. The van der Waals surface area contributed by atoms with Crippen LogP contribution in [0, 0.1) is 11.8 Å². The fraction of sp³-hybridized carbons (Fsp3) is 0.192. The minimum Gasteiger partial charge on any atom is -0.495 e. The van der Waals surface area contributed by atoms with E-state index in [0.29, 0.717) is 31.0 Å². The first-order chi connectivity index (χ1) is 15.2. The molecule has 0 fully saturated rings. The van der Waals surface area contributed by atoms with Gasteiger partial charge in [-0.2, -0.15) is 0 Å². The topological polar surface area (TPSA) is 73.6 Å². The summed E-state index contributed by atoms with van der Waals surface area (Å²) in [7, 11) is 1.58. The molecule has 0 atom stereocenters. The van der Waals surface area contributed by atoms with Gasteiger partial charge in [0.2, 0.25) is 0 Å². The van der Waals surface area contributed by atoms with Crippen LogP contribution in [0.5, 0.6) is 5.75 Å². The lowest BCUT2D eigenvalue weighted by molar-refractivity contribution is 0.143. The molecule has 1 aliphatic rings. The van der Waals surface area contributed by atoms with Gasteiger partial charge < -0.3 is 20.5 Å². The van der Waals surface area contributed by atoms with Crippen LogP contribution in [0.1, 0.15) is 29.0 Å². The van der Waals surface area contributed by atoms with Gasteiger partial charge in [-0.1, -0.05) is 60.4 Å². The zero-order valence-corrected chi connectivity index (χ0v) is 17.4. The van der Waals surface area contributed by atoms with E-state index in [9.17, 15) is 4.79 Å². The van der Waals surface area contributed by atoms with Crippen LogP contribution in [0.3, 0.4) is 0 Å². The Balaban J connectivity index is 1.29. The highest BCUT2D eigenvalue weighted by molar-refractivity contribution is 5.79. The zero-order chi connectivity index (χ0) is 21.6. The largest absolute Gasteiger partial charge is 0.495 e. The van der Waals surface area contributed by atoms with Crippen molar-refractivity contribution >= 4 is 11.8 Å². The van der Waals surface area contributed by atoms with Gasteiger partial charge in [0.25, 0.3) is 0 Å². The maximum absolute atomic E-state index is 12.2. The second kappa shape index (κ2) is 9.27. The van der Waals surface area contributed by atoms with Crippen molar-refractivity contribution in [1.82, 2.24) is 5.32 Å². The predicted molar refractivity (Wildman–Crippen MR) is 122 cm³/mol. The Hall–Kier alpha value is -3.91. The molecule has 3 N–H and O–H groups in total. The van der Waals surface area contributed by atoms with Crippen molar-refractivity contribution in [2.45, 2.75) is 12.3 Å². The summed E-state index contributed by atoms with van der Waals surface area (Å²) in [5.41, 5.74) is 11.9. The number of carbonyl (C=O) groups is 1. The molecule has 3 aromatic rings. The highest BCUT2D eigenvalue weighted by Crippen LogP contribution is 2.44. The van der Waals surface area contributed by atoms with Gasteiger partial charge in [0.1, 0.15) is 12.4 Å². The smallest absolute Gasteiger partial charge is 0.407 e. The first-order valence-electron chi connectivity index (χ1n) is 10.2. The molecule has 5 heteroatoms. The number of fused-ring (bicyclic) bond motifs is 3. The van der Waals surface area contributed by atoms with E-state index in [4.69, 9.17) is 15.2 Å². The number of amides is 1. The van der Waals surface area contributed by atoms with Crippen molar-refractivity contribution in [3.05, 3.63) is 83.4 Å². The van der Waals surface area contributed by atoms with Gasteiger partial charge in [-0.3, -0.25) is 0 Å². The number of hydrogen-bond donors (Lipinski definition) is 2. The Kier molecular flexibility index (Phi) is 6.09. The molecule has 31 heavy (non-hydrogen) atoms. The van der Waals surface area contributed by atoms with Crippen molar-refractivity contribution in [2.75, 3.05) is 26.0 Å². The normalized spacial score (nSPS) is 11.6. The monoisotopic (exact) mass is 412 g/mol. The molecule has 4 rings (SSSR count). The molecule has 0 aliphatic heterocycles. The number of anilines is 1. The molecule has 156 valence electrons. The Morgan fingerprint density at radius 2 is 1.71 bits per heavy atom. The van der Waals surface area contributed by atoms with Gasteiger partial charge in [0.15, 0.2) is 0 Å². The molecule has 0 unspecified atom stereocenters. The number of alkyl carbamates (subject to hydrolysis) is 1. The number of ether oxygens (including phenoxy) is 2. The second-order valence-electron chi connectivity index (χ2n) is 7.26. The molecule has 0 radical (unpaired) electrons. The minimum atomic E-state index is -0.436. The molecule has 1 aliphatic carbocycles. The van der Waals surface area contributed by atoms with E-state index in [-0.39, 0.29) is 5.92 Å². The third-order valence-corrected chi connectivity index (χ3v) is 5.31. The number of rotatable bonds is 5. The third kappa shape index (κ3) is 4.49. The van der Waals surface area contributed by atoms with E-state index in [0.717, 1.165) is 5.56 Å². The molecule has 0 saturated heterocycles. The summed E-state index contributed by atoms with van der Waals surface area (Å²) in [6.07, 6.45) is 0.0614. The number of nitrogens with one attached hydrogen (secondary N) is 1. The van der Waals surface area contributed by atoms with Gasteiger partial charge in [0, 0.05) is 30.6 Å². The van der Waals surface area contributed by atoms with Crippen LogP contribution in [0.4, 0.5) is 10.5 Å². The summed E-state index contributed by atoms with van der Waals surface area (Å²) in [4.78, 5) is 12.2. The van der Waals surface area contributed by atoms with Crippen LogP contribution < -0.4 is 15.8 Å². The molecule has 1 amide bonds. The van der Waals surface area contributed by atoms with E-state index in [1.807, 2.05) is 30.3 Å². The van der Waals surface area contributed by atoms with Crippen molar-refractivity contribution < 1.29 is 14.3 Å². The Bertz CT molecular complexity index is 1120. The molecule has 0 saturated carbocycles. The lowest BCUT2D eigenvalue weighted by Crippen LogP contribution is -2.26. The number of hydrogen-bond acceptors (Lipinski definition) is 4. The van der Waals surface area contributed by atoms with Crippen LogP contribution in [-0.2, 0) is 4.74 Å². The van der Waals surface area contributed by atoms with Gasteiger partial charge >= 0.3 is 6.09 Å². The van der Waals surface area contributed by atoms with Crippen LogP contribution >= 0.6 is 0 Å². The zero-order valence-electron chi connectivity index (χ0n) is 17.4. The number of nitrogen functional groups attached to an aromatic ring is 1. The van der Waals surface area contributed by atoms with Crippen LogP contribution in [0.25, 0.3) is 11.1 Å². The molecule has 0 bridgehead atoms. The molecule has 0 aromatic heterocycles. The van der Waals surface area contributed by atoms with Gasteiger partial charge in [-0.15, -0.1) is 0 Å². The summed E-state index contributed by atoms with van der Waals surface area (Å²) >= 11 is 0. The Labute approximate surface area is 182 Å². The average molecular weight is 412 g/mol. The van der Waals surface area contributed by atoms with E-state index in [1.165, 1.54) is 22.3 Å². The molecule has 5 nitrogen and oxygen atoms in total. The van der Waals surface area contributed by atoms with E-state index in [1.54, 1.807) is 19.2 Å². The van der Waals surface area contributed by atoms with Gasteiger partial charge in [-0.25, -0.2) is 4.79 Å². The minimum absolute atomic E-state index is 0.0518. The predicted octanol–water partition coefficient (Wildman–Crippen LogP) is 4.56. The number of carbonyl (C=O) groups excluding carboxylic acids is 1. The highest BCUT2D eigenvalue weighted by atomic mass is 16.5. The SMILES string of the molecule is COc1cc(N)ccc1C#CCCNC(=O)OCC1c2ccccc2-c2ccccc21. The van der Waals surface area contributed by atoms with Gasteiger partial charge in [-0.05, 0) is 34.4 Å². The standard InChI is InChI=1S/C26H24N2O3/c1-30-25-16-19(27)14-13-18(25)8-6-7-15-28-26(29)31-17-24-22-11-4-2-9-20(22)21-10-3-5-12-23(21)24/h2-5,9-14,16,24H,7,15,17,27H2,1H3,(H,28,29). The van der Waals surface area contributed by atoms with Crippen molar-refractivity contribution in [2.24, 2.45) is 0 Å². The van der Waals surface area contributed by atoms with Gasteiger partial charge in [0.05, 0.1) is 12.7 Å². The maximum Gasteiger partial charge on any atom is 0.407 e. The van der Waals surface area contributed by atoms with E-state index in [2.05, 4.69) is 41.4 Å². The van der Waals surface area contributed by atoms with Crippen molar-refractivity contribution in [1.29, 1.82) is 0 Å². The van der Waals surface area contributed by atoms with Crippen LogP contribution in [0.15, 0.2) is 66.7 Å². The fourth-order valence-corrected chi connectivity index (χ4v) is 3.85. The molecular weight excluding hydrogens is 388 g/mol. The quantitative estimate of drug-likeness (QED) is 0.366. The van der Waals surface area contributed by atoms with Crippen molar-refractivity contribution in [3.8, 4) is 28.7 Å². The summed E-state index contributed by atoms with van der Waals surface area (Å²) in [5, 5.41) is 2.76. The Morgan fingerprint density at radius 1 is 1.03 bits per heavy atom. The summed E-state index contributed by atoms with van der Waals surface area (Å²) in [5.74, 6) is 6.76. The second-order valence-corrected chi connectivity index (χ2v) is 7.26. The summed E-state index contributed by atoms with van der Waals surface area (Å²) in [6.45, 7) is 0.704. The van der Waals surface area contributed by atoms with Crippen LogP contribution in [0.2, 0.25) is 0 Å². The maximum atomic E-state index is 12.2. The molecule has 0 heterocycles. The molecular formula is C26H24N2O3. The van der Waals surface area contributed by atoms with E-state index >= 15 is 0 Å². The number of nitrogens with two attached hydrogens (primary N) is 1. The number of methoxy groups -OCH3 is 1. The lowest BCUT2D eigenvalue weighted by Gasteiger charge is -2.14. The molecule has 0 spiro atoms. The number of benzene rings is 3. The third-order valence-electron chi connectivity index (χ3n) is 5.31. The van der Waals surface area contributed by atoms with Crippen molar-refractivity contribution in [3.63, 3.8) is 0 Å². The lowest BCUT2D eigenvalue weighted by atomic mass is 9.98. The highest BCUT2D eigenvalue weighted by Gasteiger charge is 2.28. The fourth-order valence-electron chi connectivity index (χ4n) is 3.85.